The average Bonchev–Trinajstić information content (AvgIpc) is 2.67. The SMILES string of the molecule is CC(C)C(=O)Oc1ccc(S(=O)(=O)C(=[N+]=[N-])S(=O)(=O)c2ccc(OC(C)(C)C)cc2)cc1. The van der Waals surface area contributed by atoms with Gasteiger partial charge in [-0.2, -0.15) is 0 Å². The molecule has 2 rings (SSSR count). The highest BCUT2D eigenvalue weighted by Gasteiger charge is 2.44. The molecule has 0 aliphatic heterocycles. The number of hydrogen-bond acceptors (Lipinski definition) is 7. The van der Waals surface area contributed by atoms with Crippen LogP contribution in [0.3, 0.4) is 0 Å². The Morgan fingerprint density at radius 1 is 0.844 bits per heavy atom. The van der Waals surface area contributed by atoms with E-state index in [2.05, 4.69) is 4.79 Å². The maximum Gasteiger partial charge on any atom is 0.504 e. The molecule has 0 unspecified atom stereocenters. The minimum Gasteiger partial charge on any atom is -0.488 e. The van der Waals surface area contributed by atoms with Crippen LogP contribution in [-0.4, -0.2) is 37.6 Å². The average molecular weight is 481 g/mol. The van der Waals surface area contributed by atoms with Gasteiger partial charge >= 0.3 is 10.3 Å². The standard InChI is InChI=1S/C21H24N2O7S2/c1-14(2)19(24)29-15-6-10-17(11-7-15)31(25,26)20(23-22)32(27,28)18-12-8-16(9-13-18)30-21(3,4)5/h6-14H,1-5H3. The van der Waals surface area contributed by atoms with Crippen LogP contribution in [-0.2, 0) is 24.5 Å². The van der Waals surface area contributed by atoms with Crippen LogP contribution >= 0.6 is 0 Å². The van der Waals surface area contributed by atoms with Crippen molar-refractivity contribution in [3.63, 3.8) is 0 Å². The van der Waals surface area contributed by atoms with Crippen LogP contribution < -0.4 is 9.47 Å². The van der Waals surface area contributed by atoms with Crippen LogP contribution in [0.25, 0.3) is 5.53 Å². The molecule has 0 atom stereocenters. The first-order valence-electron chi connectivity index (χ1n) is 9.51. The third kappa shape index (κ3) is 5.82. The minimum atomic E-state index is -4.72. The van der Waals surface area contributed by atoms with Gasteiger partial charge in [-0.05, 0) is 69.3 Å². The van der Waals surface area contributed by atoms with Crippen molar-refractivity contribution in [1.82, 2.24) is 0 Å². The maximum atomic E-state index is 12.9. The van der Waals surface area contributed by atoms with Crippen molar-refractivity contribution in [2.45, 2.75) is 50.0 Å². The molecule has 0 fully saturated rings. The van der Waals surface area contributed by atoms with Gasteiger partial charge in [0.25, 0.3) is 19.7 Å². The zero-order chi connectivity index (χ0) is 24.3. The zero-order valence-electron chi connectivity index (χ0n) is 18.3. The maximum absolute atomic E-state index is 12.9. The summed E-state index contributed by atoms with van der Waals surface area (Å²) in [5.41, 5.74) is 8.78. The first-order chi connectivity index (χ1) is 14.7. The van der Waals surface area contributed by atoms with Crippen LogP contribution in [0.15, 0.2) is 58.3 Å². The Morgan fingerprint density at radius 3 is 1.59 bits per heavy atom. The fraction of sp³-hybridized carbons (Fsp3) is 0.333. The summed E-state index contributed by atoms with van der Waals surface area (Å²) in [4.78, 5) is 13.4. The van der Waals surface area contributed by atoms with E-state index in [-0.39, 0.29) is 5.75 Å². The molecule has 2 aromatic rings. The quantitative estimate of drug-likeness (QED) is 0.160. The number of nitrogens with zero attached hydrogens (tertiary/aromatic N) is 2. The Morgan fingerprint density at radius 2 is 1.25 bits per heavy atom. The summed E-state index contributed by atoms with van der Waals surface area (Å²) < 4.78 is 60.8. The van der Waals surface area contributed by atoms with Crippen LogP contribution in [0.1, 0.15) is 34.6 Å². The fourth-order valence-electron chi connectivity index (χ4n) is 2.41. The van der Waals surface area contributed by atoms with Crippen molar-refractivity contribution < 1.29 is 35.9 Å². The molecular formula is C21H24N2O7S2. The van der Waals surface area contributed by atoms with Gasteiger partial charge in [0, 0.05) is 0 Å². The molecule has 0 N–H and O–H groups in total. The third-order valence-corrected chi connectivity index (χ3v) is 8.11. The summed E-state index contributed by atoms with van der Waals surface area (Å²) in [7, 11) is -9.40. The summed E-state index contributed by atoms with van der Waals surface area (Å²) in [6.07, 6.45) is 0. The largest absolute Gasteiger partial charge is 0.504 e. The highest BCUT2D eigenvalue weighted by Crippen LogP contribution is 2.25. The molecule has 9 nitrogen and oxygen atoms in total. The number of hydrogen-bond donors (Lipinski definition) is 0. The zero-order valence-corrected chi connectivity index (χ0v) is 19.9. The van der Waals surface area contributed by atoms with Gasteiger partial charge in [-0.3, -0.25) is 4.79 Å². The van der Waals surface area contributed by atoms with E-state index >= 15 is 0 Å². The molecular weight excluding hydrogens is 456 g/mol. The van der Waals surface area contributed by atoms with Crippen molar-refractivity contribution in [3.8, 4) is 11.5 Å². The summed E-state index contributed by atoms with van der Waals surface area (Å²) in [5, 5.41) is 0. The van der Waals surface area contributed by atoms with Gasteiger partial charge in [0.05, 0.1) is 15.7 Å². The molecule has 0 bridgehead atoms. The van der Waals surface area contributed by atoms with E-state index in [1.54, 1.807) is 13.8 Å². The van der Waals surface area contributed by atoms with Gasteiger partial charge in [0.1, 0.15) is 17.1 Å². The Bertz CT molecular complexity index is 1250. The van der Waals surface area contributed by atoms with Gasteiger partial charge in [0.2, 0.25) is 0 Å². The highest BCUT2D eigenvalue weighted by atomic mass is 32.3. The first kappa shape index (κ1) is 25.3. The van der Waals surface area contributed by atoms with Crippen molar-refractivity contribution in [2.24, 2.45) is 5.92 Å². The van der Waals surface area contributed by atoms with E-state index in [9.17, 15) is 27.2 Å². The molecule has 172 valence electrons. The van der Waals surface area contributed by atoms with Crippen LogP contribution in [0.5, 0.6) is 11.5 Å². The normalized spacial score (nSPS) is 12.2. The minimum absolute atomic E-state index is 0.0856. The molecule has 0 aliphatic rings. The lowest BCUT2D eigenvalue weighted by Gasteiger charge is -2.21. The number of carbonyl (C=O) groups is 1. The van der Waals surface area contributed by atoms with Gasteiger partial charge in [-0.25, -0.2) is 16.8 Å². The number of ether oxygens (including phenoxy) is 2. The molecule has 0 heterocycles. The lowest BCUT2D eigenvalue weighted by molar-refractivity contribution is -0.137. The Labute approximate surface area is 187 Å². The van der Waals surface area contributed by atoms with Crippen LogP contribution in [0.4, 0.5) is 0 Å². The number of sulfone groups is 2. The third-order valence-electron chi connectivity index (χ3n) is 3.92. The highest BCUT2D eigenvalue weighted by molar-refractivity contribution is 8.31. The topological polar surface area (TPSA) is 140 Å². The molecule has 0 saturated heterocycles. The second kappa shape index (κ2) is 9.23. The van der Waals surface area contributed by atoms with E-state index in [1.807, 2.05) is 20.8 Å². The summed E-state index contributed by atoms with van der Waals surface area (Å²) >= 11 is 0. The van der Waals surface area contributed by atoms with Gasteiger partial charge in [-0.1, -0.05) is 13.8 Å². The second-order valence-electron chi connectivity index (χ2n) is 8.11. The molecule has 0 spiro atoms. The molecule has 2 aromatic carbocycles. The number of benzene rings is 2. The number of rotatable bonds is 5. The first-order valence-corrected chi connectivity index (χ1v) is 12.5. The van der Waals surface area contributed by atoms with E-state index < -0.39 is 51.3 Å². The Kier molecular flexibility index (Phi) is 7.29. The van der Waals surface area contributed by atoms with Crippen molar-refractivity contribution in [3.05, 3.63) is 54.1 Å². The van der Waals surface area contributed by atoms with E-state index in [0.717, 1.165) is 24.3 Å². The monoisotopic (exact) mass is 480 g/mol. The van der Waals surface area contributed by atoms with Crippen molar-refractivity contribution in [1.29, 1.82) is 0 Å². The van der Waals surface area contributed by atoms with Gasteiger partial charge in [-0.15, -0.1) is 4.79 Å². The predicted octanol–water partition coefficient (Wildman–Crippen LogP) is 3.26. The lowest BCUT2D eigenvalue weighted by Crippen LogP contribution is -2.26. The van der Waals surface area contributed by atoms with Crippen molar-refractivity contribution >= 4 is 30.0 Å². The molecule has 32 heavy (non-hydrogen) atoms. The molecule has 0 radical (unpaired) electrons. The fourth-order valence-corrected chi connectivity index (χ4v) is 5.75. The molecule has 0 aromatic heterocycles. The van der Waals surface area contributed by atoms with Gasteiger partial charge < -0.3 is 15.0 Å². The van der Waals surface area contributed by atoms with E-state index in [0.29, 0.717) is 5.75 Å². The smallest absolute Gasteiger partial charge is 0.488 e. The van der Waals surface area contributed by atoms with E-state index in [1.165, 1.54) is 24.3 Å². The van der Waals surface area contributed by atoms with Crippen LogP contribution in [0, 0.1) is 5.92 Å². The second-order valence-corrected chi connectivity index (χ2v) is 12.1. The summed E-state index contributed by atoms with van der Waals surface area (Å²) in [6, 6.07) is 9.58. The molecule has 0 aliphatic carbocycles. The predicted molar refractivity (Wildman–Crippen MR) is 117 cm³/mol. The number of esters is 1. The summed E-state index contributed by atoms with van der Waals surface area (Å²) in [6.45, 7) is 8.72. The van der Waals surface area contributed by atoms with Gasteiger partial charge in [0.15, 0.2) is 0 Å². The van der Waals surface area contributed by atoms with Crippen LogP contribution in [0.2, 0.25) is 0 Å². The Hall–Kier alpha value is -3.01. The molecule has 0 amide bonds. The molecule has 11 heteroatoms. The molecule has 0 saturated carbocycles. The van der Waals surface area contributed by atoms with Crippen molar-refractivity contribution in [2.75, 3.05) is 0 Å². The summed E-state index contributed by atoms with van der Waals surface area (Å²) in [5.74, 6) is -0.438. The number of carbonyl (C=O) groups excluding carboxylic acids is 1. The Balaban J connectivity index is 2.37. The lowest BCUT2D eigenvalue weighted by atomic mass is 10.2. The van der Waals surface area contributed by atoms with E-state index in [4.69, 9.17) is 9.47 Å².